The van der Waals surface area contributed by atoms with E-state index in [1.165, 1.54) is 37.1 Å². The minimum absolute atomic E-state index is 0.132. The molecule has 166 valence electrons. The number of aryl methyl sites for hydroxylation is 1. The Morgan fingerprint density at radius 1 is 1.09 bits per heavy atom. The summed E-state index contributed by atoms with van der Waals surface area (Å²) in [5, 5.41) is 2.98. The van der Waals surface area contributed by atoms with Gasteiger partial charge in [-0.05, 0) is 75.7 Å². The molecule has 0 aromatic carbocycles. The van der Waals surface area contributed by atoms with Crippen LogP contribution in [0.25, 0.3) is 5.57 Å². The topological polar surface area (TPSA) is 67.3 Å². The van der Waals surface area contributed by atoms with Gasteiger partial charge in [0.15, 0.2) is 0 Å². The average molecular weight is 431 g/mol. The lowest BCUT2D eigenvalue weighted by Gasteiger charge is -2.14. The molecule has 0 radical (unpaired) electrons. The van der Waals surface area contributed by atoms with Gasteiger partial charge in [0.05, 0.1) is 12.3 Å². The molecule has 1 fully saturated rings. The molecular weight excluding hydrogens is 400 g/mol. The molecule has 0 atom stereocenters. The second-order valence-electron chi connectivity index (χ2n) is 8.73. The second-order valence-corrected chi connectivity index (χ2v) is 8.73. The normalized spacial score (nSPS) is 18.1. The Bertz CT molecular complexity index is 1050. The fourth-order valence-electron chi connectivity index (χ4n) is 4.93. The van der Waals surface area contributed by atoms with Crippen molar-refractivity contribution in [3.05, 3.63) is 65.0 Å². The third-order valence-electron chi connectivity index (χ3n) is 6.51. The fourth-order valence-corrected chi connectivity index (χ4v) is 4.93. The van der Waals surface area contributed by atoms with Crippen LogP contribution in [0.15, 0.2) is 53.8 Å². The fraction of sp³-hybridized carbons (Fsp3) is 0.423. The van der Waals surface area contributed by atoms with Crippen LogP contribution in [0.5, 0.6) is 5.88 Å². The SMILES string of the molecule is O=C(Nc1cccc(OCCCN2CCCC2)n1)C1=CCC2=C1c1ncccc1CCC2. The summed E-state index contributed by atoms with van der Waals surface area (Å²) >= 11 is 0. The molecule has 2 aromatic rings. The summed E-state index contributed by atoms with van der Waals surface area (Å²) in [6, 6.07) is 9.61. The van der Waals surface area contributed by atoms with Crippen molar-refractivity contribution in [2.45, 2.75) is 44.9 Å². The molecule has 1 N–H and O–H groups in total. The first kappa shape index (κ1) is 20.9. The molecule has 1 aliphatic heterocycles. The van der Waals surface area contributed by atoms with E-state index in [4.69, 9.17) is 4.74 Å². The highest BCUT2D eigenvalue weighted by Gasteiger charge is 2.28. The predicted octanol–water partition coefficient (Wildman–Crippen LogP) is 4.40. The molecule has 6 nitrogen and oxygen atoms in total. The second kappa shape index (κ2) is 9.65. The Morgan fingerprint density at radius 3 is 2.91 bits per heavy atom. The maximum Gasteiger partial charge on any atom is 0.257 e. The van der Waals surface area contributed by atoms with Gasteiger partial charge in [0.25, 0.3) is 5.91 Å². The van der Waals surface area contributed by atoms with E-state index in [-0.39, 0.29) is 5.91 Å². The van der Waals surface area contributed by atoms with Crippen LogP contribution in [0.3, 0.4) is 0 Å². The number of carbonyl (C=O) groups excluding carboxylic acids is 1. The molecule has 1 saturated heterocycles. The van der Waals surface area contributed by atoms with Crippen molar-refractivity contribution < 1.29 is 9.53 Å². The van der Waals surface area contributed by atoms with Crippen LogP contribution in [0.2, 0.25) is 0 Å². The van der Waals surface area contributed by atoms with Gasteiger partial charge in [-0.1, -0.05) is 23.8 Å². The Kier molecular flexibility index (Phi) is 6.30. The number of anilines is 1. The number of hydrogen-bond donors (Lipinski definition) is 1. The summed E-state index contributed by atoms with van der Waals surface area (Å²) in [6.07, 6.45) is 11.4. The quantitative estimate of drug-likeness (QED) is 0.660. The lowest BCUT2D eigenvalue weighted by atomic mass is 9.98. The number of aromatic nitrogens is 2. The lowest BCUT2D eigenvalue weighted by Crippen LogP contribution is -2.22. The van der Waals surface area contributed by atoms with E-state index in [1.54, 1.807) is 6.07 Å². The van der Waals surface area contributed by atoms with Gasteiger partial charge < -0.3 is 15.0 Å². The van der Waals surface area contributed by atoms with Crippen LogP contribution in [-0.2, 0) is 11.2 Å². The van der Waals surface area contributed by atoms with E-state index in [9.17, 15) is 4.79 Å². The first-order valence-electron chi connectivity index (χ1n) is 11.8. The molecule has 2 aromatic heterocycles. The molecule has 0 bridgehead atoms. The number of ether oxygens (including phenoxy) is 1. The van der Waals surface area contributed by atoms with Gasteiger partial charge in [-0.15, -0.1) is 0 Å². The summed E-state index contributed by atoms with van der Waals surface area (Å²) < 4.78 is 5.84. The van der Waals surface area contributed by atoms with Crippen molar-refractivity contribution in [2.24, 2.45) is 0 Å². The van der Waals surface area contributed by atoms with Crippen LogP contribution in [0.4, 0.5) is 5.82 Å². The van der Waals surface area contributed by atoms with Gasteiger partial charge in [-0.3, -0.25) is 9.78 Å². The number of fused-ring (bicyclic) bond motifs is 2. The molecule has 3 heterocycles. The summed E-state index contributed by atoms with van der Waals surface area (Å²) in [4.78, 5) is 24.8. The molecule has 3 aliphatic rings. The minimum Gasteiger partial charge on any atom is -0.478 e. The van der Waals surface area contributed by atoms with Crippen LogP contribution in [-0.4, -0.2) is 47.0 Å². The zero-order chi connectivity index (χ0) is 21.8. The lowest BCUT2D eigenvalue weighted by molar-refractivity contribution is -0.112. The van der Waals surface area contributed by atoms with Gasteiger partial charge >= 0.3 is 0 Å². The maximum atomic E-state index is 13.2. The summed E-state index contributed by atoms with van der Waals surface area (Å²) in [5.74, 6) is 0.926. The van der Waals surface area contributed by atoms with Crippen LogP contribution in [0, 0.1) is 0 Å². The van der Waals surface area contributed by atoms with Gasteiger partial charge in [-0.2, -0.15) is 4.98 Å². The van der Waals surface area contributed by atoms with E-state index in [2.05, 4.69) is 26.3 Å². The summed E-state index contributed by atoms with van der Waals surface area (Å²) in [7, 11) is 0. The van der Waals surface area contributed by atoms with E-state index < -0.39 is 0 Å². The first-order chi connectivity index (χ1) is 15.8. The van der Waals surface area contributed by atoms with Crippen LogP contribution >= 0.6 is 0 Å². The van der Waals surface area contributed by atoms with Crippen molar-refractivity contribution in [1.29, 1.82) is 0 Å². The molecular formula is C26H30N4O2. The highest BCUT2D eigenvalue weighted by atomic mass is 16.5. The van der Waals surface area contributed by atoms with Crippen molar-refractivity contribution in [3.63, 3.8) is 0 Å². The number of hydrogen-bond acceptors (Lipinski definition) is 5. The smallest absolute Gasteiger partial charge is 0.257 e. The number of nitrogens with zero attached hydrogens (tertiary/aromatic N) is 3. The van der Waals surface area contributed by atoms with E-state index in [0.29, 0.717) is 23.9 Å². The average Bonchev–Trinajstić information content (AvgIpc) is 3.44. The zero-order valence-corrected chi connectivity index (χ0v) is 18.5. The number of carbonyl (C=O) groups is 1. The van der Waals surface area contributed by atoms with Crippen molar-refractivity contribution in [1.82, 2.24) is 14.9 Å². The zero-order valence-electron chi connectivity index (χ0n) is 18.5. The van der Waals surface area contributed by atoms with Crippen LogP contribution < -0.4 is 10.1 Å². The van der Waals surface area contributed by atoms with Crippen molar-refractivity contribution in [2.75, 3.05) is 31.6 Å². The number of likely N-dealkylation sites (tertiary alicyclic amines) is 1. The molecule has 32 heavy (non-hydrogen) atoms. The number of amides is 1. The standard InChI is InChI=1S/C26H30N4O2/c31-26(21-13-12-19-7-3-8-20-9-5-14-27-25(20)24(19)21)29-22-10-4-11-23(28-22)32-18-6-17-30-15-1-2-16-30/h4-5,9-11,13-14H,1-3,6-8,12,15-18H2,(H,28,29,31). The number of rotatable bonds is 7. The third kappa shape index (κ3) is 4.60. The molecule has 2 aliphatic carbocycles. The van der Waals surface area contributed by atoms with Gasteiger partial charge in [0.1, 0.15) is 5.82 Å². The molecule has 1 amide bonds. The Balaban J connectivity index is 1.23. The number of allylic oxidation sites excluding steroid dienone is 2. The molecule has 5 rings (SSSR count). The maximum absolute atomic E-state index is 13.2. The molecule has 0 spiro atoms. The summed E-state index contributed by atoms with van der Waals surface area (Å²) in [5.41, 5.74) is 5.23. The van der Waals surface area contributed by atoms with E-state index in [1.807, 2.05) is 30.5 Å². The third-order valence-corrected chi connectivity index (χ3v) is 6.51. The van der Waals surface area contributed by atoms with Gasteiger partial charge in [0.2, 0.25) is 5.88 Å². The highest BCUT2D eigenvalue weighted by Crippen LogP contribution is 2.40. The highest BCUT2D eigenvalue weighted by molar-refractivity contribution is 6.16. The molecule has 0 saturated carbocycles. The Morgan fingerprint density at radius 2 is 2.00 bits per heavy atom. The van der Waals surface area contributed by atoms with E-state index >= 15 is 0 Å². The first-order valence-corrected chi connectivity index (χ1v) is 11.8. The van der Waals surface area contributed by atoms with Crippen molar-refractivity contribution >= 4 is 17.3 Å². The number of nitrogens with one attached hydrogen (secondary N) is 1. The Labute approximate surface area is 189 Å². The van der Waals surface area contributed by atoms with Crippen molar-refractivity contribution in [3.8, 4) is 5.88 Å². The van der Waals surface area contributed by atoms with Crippen LogP contribution in [0.1, 0.15) is 49.8 Å². The molecule has 0 unspecified atom stereocenters. The predicted molar refractivity (Wildman–Crippen MR) is 125 cm³/mol. The monoisotopic (exact) mass is 430 g/mol. The number of pyridine rings is 2. The largest absolute Gasteiger partial charge is 0.478 e. The summed E-state index contributed by atoms with van der Waals surface area (Å²) in [6.45, 7) is 4.10. The minimum atomic E-state index is -0.132. The Hall–Kier alpha value is -2.99. The van der Waals surface area contributed by atoms with E-state index in [0.717, 1.165) is 49.9 Å². The molecule has 6 heteroatoms. The van der Waals surface area contributed by atoms with Gasteiger partial charge in [0, 0.05) is 30.0 Å². The van der Waals surface area contributed by atoms with Gasteiger partial charge in [-0.25, -0.2) is 0 Å².